The van der Waals surface area contributed by atoms with E-state index >= 15 is 0 Å². The van der Waals surface area contributed by atoms with Crippen LogP contribution in [0.2, 0.25) is 0 Å². The van der Waals surface area contributed by atoms with E-state index in [9.17, 15) is 4.39 Å². The zero-order chi connectivity index (χ0) is 14.7. The molecule has 1 aliphatic rings. The van der Waals surface area contributed by atoms with Crippen LogP contribution in [-0.4, -0.2) is 13.2 Å². The SMILES string of the molecule is CNC(Cc1ccccc1F)c1ccc(OC2CC2)cc1. The van der Waals surface area contributed by atoms with Crippen LogP contribution < -0.4 is 10.1 Å². The molecule has 1 atom stereocenters. The minimum absolute atomic E-state index is 0.0943. The van der Waals surface area contributed by atoms with Crippen LogP contribution in [0.3, 0.4) is 0 Å². The van der Waals surface area contributed by atoms with E-state index < -0.39 is 0 Å². The highest BCUT2D eigenvalue weighted by molar-refractivity contribution is 5.31. The Kier molecular flexibility index (Phi) is 4.20. The smallest absolute Gasteiger partial charge is 0.126 e. The molecule has 110 valence electrons. The molecular weight excluding hydrogens is 265 g/mol. The summed E-state index contributed by atoms with van der Waals surface area (Å²) in [5, 5.41) is 3.26. The summed E-state index contributed by atoms with van der Waals surface area (Å²) in [6, 6.07) is 15.1. The number of hydrogen-bond acceptors (Lipinski definition) is 2. The average Bonchev–Trinajstić information content (AvgIpc) is 3.31. The second kappa shape index (κ2) is 6.27. The van der Waals surface area contributed by atoms with E-state index in [1.165, 1.54) is 6.07 Å². The first-order chi connectivity index (χ1) is 10.3. The number of likely N-dealkylation sites (N-methyl/N-ethyl adjacent to an activating group) is 1. The third-order valence-electron chi connectivity index (χ3n) is 3.84. The van der Waals surface area contributed by atoms with Crippen molar-refractivity contribution in [1.82, 2.24) is 5.32 Å². The molecule has 3 rings (SSSR count). The van der Waals surface area contributed by atoms with Gasteiger partial charge in [0.25, 0.3) is 0 Å². The zero-order valence-corrected chi connectivity index (χ0v) is 12.2. The zero-order valence-electron chi connectivity index (χ0n) is 12.2. The maximum atomic E-state index is 13.8. The molecule has 0 heterocycles. The standard InChI is InChI=1S/C18H20FNO/c1-20-18(12-14-4-2-3-5-17(14)19)13-6-8-15(9-7-13)21-16-10-11-16/h2-9,16,18,20H,10-12H2,1H3. The van der Waals surface area contributed by atoms with Gasteiger partial charge < -0.3 is 10.1 Å². The first kappa shape index (κ1) is 14.1. The topological polar surface area (TPSA) is 21.3 Å². The highest BCUT2D eigenvalue weighted by Gasteiger charge is 2.23. The van der Waals surface area contributed by atoms with Crippen LogP contribution in [0.4, 0.5) is 4.39 Å². The van der Waals surface area contributed by atoms with Crippen LogP contribution in [0.5, 0.6) is 5.75 Å². The van der Waals surface area contributed by atoms with E-state index in [2.05, 4.69) is 17.4 Å². The molecule has 2 nitrogen and oxygen atoms in total. The van der Waals surface area contributed by atoms with Crippen LogP contribution in [0, 0.1) is 5.82 Å². The van der Waals surface area contributed by atoms with Crippen molar-refractivity contribution in [3.8, 4) is 5.75 Å². The fraction of sp³-hybridized carbons (Fsp3) is 0.333. The summed E-state index contributed by atoms with van der Waals surface area (Å²) in [5.74, 6) is 0.772. The molecular formula is C18H20FNO. The highest BCUT2D eigenvalue weighted by Crippen LogP contribution is 2.28. The molecule has 1 aliphatic carbocycles. The summed E-state index contributed by atoms with van der Waals surface area (Å²) in [7, 11) is 1.90. The third kappa shape index (κ3) is 3.61. The van der Waals surface area contributed by atoms with Gasteiger partial charge in [-0.2, -0.15) is 0 Å². The molecule has 3 heteroatoms. The van der Waals surface area contributed by atoms with Crippen molar-refractivity contribution in [3.05, 3.63) is 65.5 Å². The predicted molar refractivity (Wildman–Crippen MR) is 82.0 cm³/mol. The van der Waals surface area contributed by atoms with Crippen molar-refractivity contribution in [2.45, 2.75) is 31.4 Å². The molecule has 0 spiro atoms. The lowest BCUT2D eigenvalue weighted by Crippen LogP contribution is -2.19. The average molecular weight is 285 g/mol. The molecule has 0 amide bonds. The number of nitrogens with one attached hydrogen (secondary N) is 1. The van der Waals surface area contributed by atoms with E-state index in [0.29, 0.717) is 12.5 Å². The highest BCUT2D eigenvalue weighted by atomic mass is 19.1. The van der Waals surface area contributed by atoms with E-state index in [-0.39, 0.29) is 11.9 Å². The number of rotatable bonds is 6. The van der Waals surface area contributed by atoms with Crippen LogP contribution in [0.1, 0.15) is 30.0 Å². The monoisotopic (exact) mass is 285 g/mol. The van der Waals surface area contributed by atoms with Crippen LogP contribution in [0.15, 0.2) is 48.5 Å². The van der Waals surface area contributed by atoms with Gasteiger partial charge in [0.2, 0.25) is 0 Å². The molecule has 2 aromatic rings. The first-order valence-electron chi connectivity index (χ1n) is 7.43. The van der Waals surface area contributed by atoms with Crippen LogP contribution in [-0.2, 0) is 6.42 Å². The fourth-order valence-corrected chi connectivity index (χ4v) is 2.43. The molecule has 0 radical (unpaired) electrons. The fourth-order valence-electron chi connectivity index (χ4n) is 2.43. The van der Waals surface area contributed by atoms with Crippen molar-refractivity contribution in [3.63, 3.8) is 0 Å². The Morgan fingerprint density at radius 2 is 1.86 bits per heavy atom. The second-order valence-corrected chi connectivity index (χ2v) is 5.52. The van der Waals surface area contributed by atoms with Crippen molar-refractivity contribution in [2.24, 2.45) is 0 Å². The molecule has 0 bridgehead atoms. The summed E-state index contributed by atoms with van der Waals surface area (Å²) >= 11 is 0. The lowest BCUT2D eigenvalue weighted by molar-refractivity contribution is 0.303. The van der Waals surface area contributed by atoms with Gasteiger partial charge in [-0.25, -0.2) is 4.39 Å². The predicted octanol–water partition coefficient (Wildman–Crippen LogP) is 3.87. The van der Waals surface area contributed by atoms with E-state index in [4.69, 9.17) is 4.74 Å². The maximum absolute atomic E-state index is 13.8. The maximum Gasteiger partial charge on any atom is 0.126 e. The summed E-state index contributed by atoms with van der Waals surface area (Å²) in [6.07, 6.45) is 3.36. The Balaban J connectivity index is 1.71. The van der Waals surface area contributed by atoms with Gasteiger partial charge in [0.1, 0.15) is 11.6 Å². The van der Waals surface area contributed by atoms with Crippen molar-refractivity contribution < 1.29 is 9.13 Å². The number of halogens is 1. The Morgan fingerprint density at radius 3 is 2.48 bits per heavy atom. The second-order valence-electron chi connectivity index (χ2n) is 5.52. The third-order valence-corrected chi connectivity index (χ3v) is 3.84. The quantitative estimate of drug-likeness (QED) is 0.870. The van der Waals surface area contributed by atoms with Gasteiger partial charge in [-0.3, -0.25) is 0 Å². The van der Waals surface area contributed by atoms with Gasteiger partial charge in [0.15, 0.2) is 0 Å². The first-order valence-corrected chi connectivity index (χ1v) is 7.43. The molecule has 2 aromatic carbocycles. The largest absolute Gasteiger partial charge is 0.490 e. The van der Waals surface area contributed by atoms with Gasteiger partial charge >= 0.3 is 0 Å². The Hall–Kier alpha value is -1.87. The molecule has 0 saturated heterocycles. The molecule has 1 fully saturated rings. The van der Waals surface area contributed by atoms with Crippen molar-refractivity contribution in [2.75, 3.05) is 7.05 Å². The van der Waals surface area contributed by atoms with E-state index in [1.54, 1.807) is 6.07 Å². The lowest BCUT2D eigenvalue weighted by Gasteiger charge is -2.17. The minimum atomic E-state index is -0.147. The summed E-state index contributed by atoms with van der Waals surface area (Å²) in [4.78, 5) is 0. The molecule has 0 aliphatic heterocycles. The van der Waals surface area contributed by atoms with Crippen molar-refractivity contribution >= 4 is 0 Å². The Bertz CT molecular complexity index is 592. The molecule has 21 heavy (non-hydrogen) atoms. The van der Waals surface area contributed by atoms with Crippen LogP contribution in [0.25, 0.3) is 0 Å². The van der Waals surface area contributed by atoms with Gasteiger partial charge in [0, 0.05) is 6.04 Å². The van der Waals surface area contributed by atoms with E-state index in [0.717, 1.165) is 29.7 Å². The van der Waals surface area contributed by atoms with Gasteiger partial charge in [-0.1, -0.05) is 30.3 Å². The minimum Gasteiger partial charge on any atom is -0.490 e. The lowest BCUT2D eigenvalue weighted by atomic mass is 9.98. The van der Waals surface area contributed by atoms with Crippen LogP contribution >= 0.6 is 0 Å². The number of benzene rings is 2. The summed E-state index contributed by atoms with van der Waals surface area (Å²) < 4.78 is 19.5. The van der Waals surface area contributed by atoms with Gasteiger partial charge in [0.05, 0.1) is 6.10 Å². The molecule has 1 saturated carbocycles. The molecule has 1 unspecified atom stereocenters. The number of ether oxygens (including phenoxy) is 1. The van der Waals surface area contributed by atoms with Crippen molar-refractivity contribution in [1.29, 1.82) is 0 Å². The number of hydrogen-bond donors (Lipinski definition) is 1. The van der Waals surface area contributed by atoms with Gasteiger partial charge in [-0.15, -0.1) is 0 Å². The Labute approximate surface area is 125 Å². The van der Waals surface area contributed by atoms with E-state index in [1.807, 2.05) is 31.3 Å². The summed E-state index contributed by atoms with van der Waals surface area (Å²) in [5.41, 5.74) is 1.87. The van der Waals surface area contributed by atoms with Gasteiger partial charge in [-0.05, 0) is 55.6 Å². The Morgan fingerprint density at radius 1 is 1.14 bits per heavy atom. The molecule has 1 N–H and O–H groups in total. The molecule has 0 aromatic heterocycles. The normalized spacial score (nSPS) is 15.7. The summed E-state index contributed by atoms with van der Waals surface area (Å²) in [6.45, 7) is 0.